The third kappa shape index (κ3) is 4.43. The van der Waals surface area contributed by atoms with E-state index in [0.717, 1.165) is 38.5 Å². The van der Waals surface area contributed by atoms with Crippen LogP contribution in [0.4, 0.5) is 4.79 Å². The SMILES string of the molecule is C=C1CCC2C(CNC(=O)OC(C)(C)C)C(C3(C)CCC(O)CC3CO)CCC12C. The number of aliphatic hydroxyl groups excluding tert-OH is 2. The Labute approximate surface area is 182 Å². The molecule has 0 aromatic heterocycles. The Morgan fingerprint density at radius 1 is 1.20 bits per heavy atom. The van der Waals surface area contributed by atoms with Gasteiger partial charge in [-0.3, -0.25) is 0 Å². The summed E-state index contributed by atoms with van der Waals surface area (Å²) in [6, 6.07) is 0. The molecule has 3 saturated carbocycles. The van der Waals surface area contributed by atoms with E-state index in [-0.39, 0.29) is 35.6 Å². The summed E-state index contributed by atoms with van der Waals surface area (Å²) < 4.78 is 5.51. The van der Waals surface area contributed by atoms with Crippen molar-refractivity contribution in [2.75, 3.05) is 13.2 Å². The monoisotopic (exact) mass is 421 g/mol. The van der Waals surface area contributed by atoms with Gasteiger partial charge in [-0.2, -0.15) is 0 Å². The molecule has 5 heteroatoms. The first-order valence-electron chi connectivity index (χ1n) is 11.8. The highest BCUT2D eigenvalue weighted by atomic mass is 16.6. The lowest BCUT2D eigenvalue weighted by Gasteiger charge is -2.56. The number of rotatable bonds is 4. The second-order valence-electron chi connectivity index (χ2n) is 11.7. The van der Waals surface area contributed by atoms with E-state index in [4.69, 9.17) is 4.74 Å². The van der Waals surface area contributed by atoms with Crippen molar-refractivity contribution >= 4 is 6.09 Å². The highest BCUT2D eigenvalue weighted by Gasteiger charge is 2.56. The molecule has 3 fully saturated rings. The number of aliphatic hydroxyl groups is 2. The van der Waals surface area contributed by atoms with Crippen LogP contribution >= 0.6 is 0 Å². The van der Waals surface area contributed by atoms with Crippen LogP contribution in [0.2, 0.25) is 0 Å². The van der Waals surface area contributed by atoms with Crippen LogP contribution in [0.25, 0.3) is 0 Å². The number of alkyl carbamates (subject to hydrolysis) is 1. The van der Waals surface area contributed by atoms with E-state index in [1.54, 1.807) is 0 Å². The molecule has 7 unspecified atom stereocenters. The number of hydrogen-bond donors (Lipinski definition) is 3. The fourth-order valence-electron chi connectivity index (χ4n) is 6.98. The number of ether oxygens (including phenoxy) is 1. The van der Waals surface area contributed by atoms with Gasteiger partial charge in [0.05, 0.1) is 6.10 Å². The molecule has 0 spiro atoms. The predicted molar refractivity (Wildman–Crippen MR) is 119 cm³/mol. The van der Waals surface area contributed by atoms with Gasteiger partial charge >= 0.3 is 6.09 Å². The van der Waals surface area contributed by atoms with E-state index >= 15 is 0 Å². The molecule has 1 amide bonds. The second kappa shape index (κ2) is 8.46. The van der Waals surface area contributed by atoms with Crippen molar-refractivity contribution < 1.29 is 19.7 Å². The maximum absolute atomic E-state index is 12.4. The average Bonchev–Trinajstić information content (AvgIpc) is 2.95. The highest BCUT2D eigenvalue weighted by Crippen LogP contribution is 2.63. The molecule has 3 aliphatic carbocycles. The van der Waals surface area contributed by atoms with Crippen LogP contribution in [0.1, 0.15) is 79.6 Å². The van der Waals surface area contributed by atoms with Gasteiger partial charge in [0.1, 0.15) is 5.60 Å². The highest BCUT2D eigenvalue weighted by molar-refractivity contribution is 5.67. The molecule has 0 heterocycles. The molecule has 3 aliphatic rings. The van der Waals surface area contributed by atoms with Crippen LogP contribution in [0.15, 0.2) is 12.2 Å². The van der Waals surface area contributed by atoms with Gasteiger partial charge in [0.25, 0.3) is 0 Å². The van der Waals surface area contributed by atoms with Gasteiger partial charge in [0, 0.05) is 13.2 Å². The Kier molecular flexibility index (Phi) is 6.65. The summed E-state index contributed by atoms with van der Waals surface area (Å²) in [4.78, 5) is 12.4. The molecule has 0 bridgehead atoms. The van der Waals surface area contributed by atoms with E-state index in [1.165, 1.54) is 5.57 Å². The fraction of sp³-hybridized carbons (Fsp3) is 0.880. The smallest absolute Gasteiger partial charge is 0.407 e. The average molecular weight is 422 g/mol. The van der Waals surface area contributed by atoms with Crippen molar-refractivity contribution in [3.63, 3.8) is 0 Å². The van der Waals surface area contributed by atoms with Crippen molar-refractivity contribution in [1.82, 2.24) is 5.32 Å². The standard InChI is InChI=1S/C25H43NO4/c1-16-7-8-20-19(14-26-22(29)30-23(2,3)4)21(10-12-24(16,20)5)25(6)11-9-18(28)13-17(25)15-27/h17-21,27-28H,1,7-15H2,2-6H3,(H,26,29). The van der Waals surface area contributed by atoms with Gasteiger partial charge in [-0.05, 0) is 100 Å². The number of fused-ring (bicyclic) bond motifs is 1. The Morgan fingerprint density at radius 2 is 1.90 bits per heavy atom. The number of carbonyl (C=O) groups is 1. The molecular weight excluding hydrogens is 378 g/mol. The molecule has 3 rings (SSSR count). The van der Waals surface area contributed by atoms with Crippen molar-refractivity contribution in [2.45, 2.75) is 91.3 Å². The minimum atomic E-state index is -0.514. The second-order valence-corrected chi connectivity index (χ2v) is 11.7. The lowest BCUT2D eigenvalue weighted by molar-refractivity contribution is -0.0933. The third-order valence-corrected chi connectivity index (χ3v) is 8.85. The molecule has 0 aromatic rings. The molecule has 7 atom stereocenters. The minimum absolute atomic E-state index is 0.0283. The van der Waals surface area contributed by atoms with Crippen molar-refractivity contribution in [3.8, 4) is 0 Å². The van der Waals surface area contributed by atoms with Crippen molar-refractivity contribution in [1.29, 1.82) is 0 Å². The lowest BCUT2D eigenvalue weighted by Crippen LogP contribution is -2.53. The van der Waals surface area contributed by atoms with Crippen LogP contribution in [-0.4, -0.2) is 41.2 Å². The summed E-state index contributed by atoms with van der Waals surface area (Å²) in [7, 11) is 0. The van der Waals surface area contributed by atoms with Gasteiger partial charge in [-0.15, -0.1) is 0 Å². The Morgan fingerprint density at radius 3 is 2.53 bits per heavy atom. The maximum Gasteiger partial charge on any atom is 0.407 e. The predicted octanol–water partition coefficient (Wildman–Crippen LogP) is 4.67. The zero-order valence-corrected chi connectivity index (χ0v) is 19.7. The zero-order chi connectivity index (χ0) is 22.3. The summed E-state index contributed by atoms with van der Waals surface area (Å²) in [6.45, 7) is 15.4. The quantitative estimate of drug-likeness (QED) is 0.577. The lowest BCUT2D eigenvalue weighted by atomic mass is 9.49. The van der Waals surface area contributed by atoms with E-state index in [0.29, 0.717) is 30.7 Å². The van der Waals surface area contributed by atoms with Crippen molar-refractivity contribution in [3.05, 3.63) is 12.2 Å². The van der Waals surface area contributed by atoms with Crippen LogP contribution in [0.3, 0.4) is 0 Å². The van der Waals surface area contributed by atoms with Gasteiger partial charge in [-0.1, -0.05) is 26.0 Å². The summed E-state index contributed by atoms with van der Waals surface area (Å²) in [5.41, 5.74) is 0.950. The molecule has 0 radical (unpaired) electrons. The van der Waals surface area contributed by atoms with E-state index in [9.17, 15) is 15.0 Å². The largest absolute Gasteiger partial charge is 0.444 e. The number of allylic oxidation sites excluding steroid dienone is 1. The maximum atomic E-state index is 12.4. The zero-order valence-electron chi connectivity index (χ0n) is 19.7. The molecule has 30 heavy (non-hydrogen) atoms. The van der Waals surface area contributed by atoms with Crippen LogP contribution in [0.5, 0.6) is 0 Å². The molecule has 172 valence electrons. The van der Waals surface area contributed by atoms with Gasteiger partial charge in [-0.25, -0.2) is 4.79 Å². The summed E-state index contributed by atoms with van der Waals surface area (Å²) in [5.74, 6) is 1.32. The van der Waals surface area contributed by atoms with E-state index in [1.807, 2.05) is 20.8 Å². The van der Waals surface area contributed by atoms with Crippen LogP contribution < -0.4 is 5.32 Å². The number of nitrogens with one attached hydrogen (secondary N) is 1. The third-order valence-electron chi connectivity index (χ3n) is 8.85. The molecule has 0 aromatic carbocycles. The van der Waals surface area contributed by atoms with Gasteiger partial charge in [0.15, 0.2) is 0 Å². The minimum Gasteiger partial charge on any atom is -0.444 e. The van der Waals surface area contributed by atoms with Gasteiger partial charge < -0.3 is 20.3 Å². The van der Waals surface area contributed by atoms with Gasteiger partial charge in [0.2, 0.25) is 0 Å². The number of hydrogen-bond acceptors (Lipinski definition) is 4. The van der Waals surface area contributed by atoms with E-state index in [2.05, 4.69) is 25.7 Å². The molecular formula is C25H43NO4. The van der Waals surface area contributed by atoms with Crippen molar-refractivity contribution in [2.24, 2.45) is 34.5 Å². The molecule has 3 N–H and O–H groups in total. The first-order valence-corrected chi connectivity index (χ1v) is 11.8. The number of carbonyl (C=O) groups excluding carboxylic acids is 1. The molecule has 0 aliphatic heterocycles. The molecule has 0 saturated heterocycles. The topological polar surface area (TPSA) is 78.8 Å². The Bertz CT molecular complexity index is 656. The Balaban J connectivity index is 1.85. The normalized spacial score (nSPS) is 42.0. The first-order chi connectivity index (χ1) is 13.9. The molecule has 5 nitrogen and oxygen atoms in total. The summed E-state index contributed by atoms with van der Waals surface area (Å²) >= 11 is 0. The number of amides is 1. The van der Waals surface area contributed by atoms with E-state index < -0.39 is 5.60 Å². The van der Waals surface area contributed by atoms with Crippen LogP contribution in [-0.2, 0) is 4.74 Å². The summed E-state index contributed by atoms with van der Waals surface area (Å²) in [6.07, 6.45) is 6.12. The van der Waals surface area contributed by atoms with Crippen LogP contribution in [0, 0.1) is 34.5 Å². The first kappa shape index (κ1) is 23.6. The Hall–Kier alpha value is -1.07. The summed E-state index contributed by atoms with van der Waals surface area (Å²) in [5, 5.41) is 23.5. The fourth-order valence-corrected chi connectivity index (χ4v) is 6.98.